The van der Waals surface area contributed by atoms with Gasteiger partial charge < -0.3 is 15.1 Å². The third-order valence-corrected chi connectivity index (χ3v) is 8.16. The SMILES string of the molecule is CC(C)(CCCCSc1ccc(CNCCCP(=O)(O)O)cc1Br)c1ccccc1F. The minimum absolute atomic E-state index is 0.0866. The van der Waals surface area contributed by atoms with Gasteiger partial charge in [-0.25, -0.2) is 4.39 Å². The molecule has 2 aromatic rings. The molecule has 0 aromatic heterocycles. The van der Waals surface area contributed by atoms with Crippen molar-refractivity contribution >= 4 is 35.3 Å². The first kappa shape index (κ1) is 26.6. The molecule has 31 heavy (non-hydrogen) atoms. The van der Waals surface area contributed by atoms with Gasteiger partial charge in [0.1, 0.15) is 5.82 Å². The molecule has 2 rings (SSSR count). The molecular formula is C23H32BrFNO3PS. The summed E-state index contributed by atoms with van der Waals surface area (Å²) in [5, 5.41) is 3.21. The van der Waals surface area contributed by atoms with Crippen LogP contribution in [0.1, 0.15) is 50.7 Å². The Morgan fingerprint density at radius 2 is 1.87 bits per heavy atom. The predicted molar refractivity (Wildman–Crippen MR) is 131 cm³/mol. The number of rotatable bonds is 13. The van der Waals surface area contributed by atoms with Gasteiger partial charge in [-0.15, -0.1) is 11.8 Å². The molecule has 0 aliphatic heterocycles. The van der Waals surface area contributed by atoms with Crippen LogP contribution >= 0.6 is 35.3 Å². The Kier molecular flexibility index (Phi) is 10.7. The second-order valence-electron chi connectivity index (χ2n) is 8.35. The average Bonchev–Trinajstić information content (AvgIpc) is 2.68. The number of halogens is 2. The van der Waals surface area contributed by atoms with Gasteiger partial charge in [-0.05, 0) is 82.2 Å². The number of hydrogen-bond donors (Lipinski definition) is 3. The lowest BCUT2D eigenvalue weighted by atomic mass is 9.80. The predicted octanol–water partition coefficient (Wildman–Crippen LogP) is 6.49. The number of nitrogens with one attached hydrogen (secondary N) is 1. The first-order valence-corrected chi connectivity index (χ1v) is 14.1. The van der Waals surface area contributed by atoms with E-state index in [4.69, 9.17) is 9.79 Å². The zero-order valence-electron chi connectivity index (χ0n) is 18.1. The third kappa shape index (κ3) is 9.77. The average molecular weight is 532 g/mol. The van der Waals surface area contributed by atoms with E-state index in [0.29, 0.717) is 19.5 Å². The molecule has 3 N–H and O–H groups in total. The monoisotopic (exact) mass is 531 g/mol. The molecule has 0 atom stereocenters. The van der Waals surface area contributed by atoms with Crippen LogP contribution in [0.4, 0.5) is 4.39 Å². The fourth-order valence-electron chi connectivity index (χ4n) is 3.41. The summed E-state index contributed by atoms with van der Waals surface area (Å²) < 4.78 is 26.0. The Hall–Kier alpha value is -0.690. The quantitative estimate of drug-likeness (QED) is 0.156. The maximum atomic E-state index is 14.1. The first-order chi connectivity index (χ1) is 14.6. The molecule has 0 amide bonds. The highest BCUT2D eigenvalue weighted by molar-refractivity contribution is 9.10. The lowest BCUT2D eigenvalue weighted by Gasteiger charge is -2.25. The summed E-state index contributed by atoms with van der Waals surface area (Å²) in [6.07, 6.45) is 3.42. The maximum absolute atomic E-state index is 14.1. The number of benzene rings is 2. The van der Waals surface area contributed by atoms with E-state index in [1.807, 2.05) is 23.9 Å². The van der Waals surface area contributed by atoms with Crippen LogP contribution in [0.5, 0.6) is 0 Å². The van der Waals surface area contributed by atoms with Crippen LogP contribution in [0, 0.1) is 5.82 Å². The second kappa shape index (κ2) is 12.5. The molecule has 4 nitrogen and oxygen atoms in total. The molecule has 0 unspecified atom stereocenters. The molecule has 0 fully saturated rings. The largest absolute Gasteiger partial charge is 0.325 e. The van der Waals surface area contributed by atoms with Crippen molar-refractivity contribution in [3.8, 4) is 0 Å². The lowest BCUT2D eigenvalue weighted by Crippen LogP contribution is -2.18. The van der Waals surface area contributed by atoms with Crippen LogP contribution in [-0.2, 0) is 16.5 Å². The summed E-state index contributed by atoms with van der Waals surface area (Å²) in [5.41, 5.74) is 1.74. The van der Waals surface area contributed by atoms with Gasteiger partial charge in [0.05, 0.1) is 6.16 Å². The summed E-state index contributed by atoms with van der Waals surface area (Å²) in [6, 6.07) is 13.3. The van der Waals surface area contributed by atoms with E-state index in [9.17, 15) is 8.96 Å². The number of hydrogen-bond acceptors (Lipinski definition) is 3. The van der Waals surface area contributed by atoms with Crippen molar-refractivity contribution in [3.63, 3.8) is 0 Å². The number of unbranched alkanes of at least 4 members (excludes halogenated alkanes) is 1. The Labute approximate surface area is 197 Å². The van der Waals surface area contributed by atoms with E-state index in [2.05, 4.69) is 53.3 Å². The van der Waals surface area contributed by atoms with Gasteiger partial charge in [-0.2, -0.15) is 0 Å². The molecule has 0 radical (unpaired) electrons. The van der Waals surface area contributed by atoms with Gasteiger partial charge in [0.2, 0.25) is 0 Å². The molecule has 0 saturated heterocycles. The van der Waals surface area contributed by atoms with E-state index >= 15 is 0 Å². The highest BCUT2D eigenvalue weighted by atomic mass is 79.9. The minimum atomic E-state index is -3.90. The summed E-state index contributed by atoms with van der Waals surface area (Å²) >= 11 is 5.45. The fourth-order valence-corrected chi connectivity index (χ4v) is 5.68. The molecular weight excluding hydrogens is 500 g/mol. The molecule has 172 valence electrons. The summed E-state index contributed by atoms with van der Waals surface area (Å²) in [5.74, 6) is 0.883. The van der Waals surface area contributed by atoms with Gasteiger partial charge >= 0.3 is 7.60 Å². The topological polar surface area (TPSA) is 69.6 Å². The van der Waals surface area contributed by atoms with Crippen molar-refractivity contribution in [1.29, 1.82) is 0 Å². The van der Waals surface area contributed by atoms with E-state index in [1.54, 1.807) is 6.07 Å². The van der Waals surface area contributed by atoms with Gasteiger partial charge in [0.25, 0.3) is 0 Å². The van der Waals surface area contributed by atoms with Crippen molar-refractivity contribution in [1.82, 2.24) is 5.32 Å². The molecule has 8 heteroatoms. The van der Waals surface area contributed by atoms with E-state index in [1.165, 1.54) is 11.0 Å². The normalized spacial score (nSPS) is 12.3. The third-order valence-electron chi connectivity index (χ3n) is 5.19. The summed E-state index contributed by atoms with van der Waals surface area (Å²) in [4.78, 5) is 18.9. The van der Waals surface area contributed by atoms with Crippen molar-refractivity contribution < 1.29 is 18.7 Å². The summed E-state index contributed by atoms with van der Waals surface area (Å²) in [7, 11) is -3.90. The smallest absolute Gasteiger partial charge is 0.324 e. The van der Waals surface area contributed by atoms with Gasteiger partial charge in [0, 0.05) is 15.9 Å². The Morgan fingerprint density at radius 3 is 2.55 bits per heavy atom. The van der Waals surface area contributed by atoms with E-state index in [0.717, 1.165) is 40.6 Å². The molecule has 0 aliphatic rings. The molecule has 0 aliphatic carbocycles. The van der Waals surface area contributed by atoms with Crippen molar-refractivity contribution in [2.24, 2.45) is 0 Å². The first-order valence-electron chi connectivity index (χ1n) is 10.5. The van der Waals surface area contributed by atoms with Crippen molar-refractivity contribution in [2.45, 2.75) is 56.4 Å². The molecule has 0 spiro atoms. The Bertz CT molecular complexity index is 891. The fraction of sp³-hybridized carbons (Fsp3) is 0.478. The Balaban J connectivity index is 1.70. The van der Waals surface area contributed by atoms with Crippen LogP contribution in [0.2, 0.25) is 0 Å². The van der Waals surface area contributed by atoms with Crippen LogP contribution < -0.4 is 5.32 Å². The molecule has 0 bridgehead atoms. The van der Waals surface area contributed by atoms with Crippen molar-refractivity contribution in [2.75, 3.05) is 18.5 Å². The lowest BCUT2D eigenvalue weighted by molar-refractivity contribution is 0.371. The molecule has 0 heterocycles. The van der Waals surface area contributed by atoms with Crippen molar-refractivity contribution in [3.05, 3.63) is 63.9 Å². The van der Waals surface area contributed by atoms with E-state index < -0.39 is 7.60 Å². The van der Waals surface area contributed by atoms with Gasteiger partial charge in [-0.3, -0.25) is 4.57 Å². The van der Waals surface area contributed by atoms with Crippen LogP contribution in [0.25, 0.3) is 0 Å². The summed E-state index contributed by atoms with van der Waals surface area (Å²) in [6.45, 7) is 5.45. The zero-order chi connectivity index (χ0) is 22.9. The Morgan fingerprint density at radius 1 is 1.13 bits per heavy atom. The molecule has 2 aromatic carbocycles. The molecule has 0 saturated carbocycles. The second-order valence-corrected chi connectivity index (χ2v) is 12.1. The highest BCUT2D eigenvalue weighted by Crippen LogP contribution is 2.35. The van der Waals surface area contributed by atoms with Gasteiger partial charge in [-0.1, -0.05) is 44.5 Å². The van der Waals surface area contributed by atoms with Crippen LogP contribution in [-0.4, -0.2) is 28.2 Å². The van der Waals surface area contributed by atoms with E-state index in [-0.39, 0.29) is 17.4 Å². The number of thioether (sulfide) groups is 1. The van der Waals surface area contributed by atoms with Gasteiger partial charge in [0.15, 0.2) is 0 Å². The van der Waals surface area contributed by atoms with Crippen LogP contribution in [0.15, 0.2) is 51.8 Å². The minimum Gasteiger partial charge on any atom is -0.324 e. The van der Waals surface area contributed by atoms with Crippen LogP contribution in [0.3, 0.4) is 0 Å². The standard InChI is InChI=1S/C23H32BrFNO3PS/c1-23(2,19-8-3-4-9-21(19)25)12-5-6-15-31-22-11-10-18(16-20(22)24)17-26-13-7-14-30(27,28)29/h3-4,8-11,16,26H,5-7,12-15,17H2,1-2H3,(H2,27,28,29). The zero-order valence-corrected chi connectivity index (χ0v) is 21.4. The highest BCUT2D eigenvalue weighted by Gasteiger charge is 2.23. The maximum Gasteiger partial charge on any atom is 0.325 e.